The Kier molecular flexibility index (Phi) is 4.55. The van der Waals surface area contributed by atoms with Crippen molar-refractivity contribution in [1.82, 2.24) is 9.97 Å². The second kappa shape index (κ2) is 5.52. The van der Waals surface area contributed by atoms with Crippen LogP contribution < -0.4 is 0 Å². The summed E-state index contributed by atoms with van der Waals surface area (Å²) in [6.45, 7) is 6.44. The molecule has 0 saturated heterocycles. The molecular formula is C14H15IrN2-. The van der Waals surface area contributed by atoms with E-state index in [0.717, 1.165) is 17.0 Å². The first kappa shape index (κ1) is 14.0. The van der Waals surface area contributed by atoms with Gasteiger partial charge in [-0.1, -0.05) is 26.8 Å². The van der Waals surface area contributed by atoms with Gasteiger partial charge in [0.25, 0.3) is 0 Å². The zero-order valence-corrected chi connectivity index (χ0v) is 12.6. The fraction of sp³-hybridized carbons (Fsp3) is 0.286. The molecule has 1 radical (unpaired) electrons. The summed E-state index contributed by atoms with van der Waals surface area (Å²) in [4.78, 5) is 8.59. The molecule has 1 aromatic heterocycles. The minimum Gasteiger partial charge on any atom is -0.286 e. The summed E-state index contributed by atoms with van der Waals surface area (Å²) in [6.07, 6.45) is 1.62. The Hall–Kier alpha value is -1.05. The van der Waals surface area contributed by atoms with Crippen molar-refractivity contribution >= 4 is 0 Å². The first-order chi connectivity index (χ1) is 7.57. The van der Waals surface area contributed by atoms with E-state index < -0.39 is 0 Å². The Morgan fingerprint density at radius 3 is 2.47 bits per heavy atom. The van der Waals surface area contributed by atoms with Crippen LogP contribution in [0.5, 0.6) is 0 Å². The van der Waals surface area contributed by atoms with Gasteiger partial charge in [-0.2, -0.15) is 0 Å². The molecule has 0 unspecified atom stereocenters. The molecule has 17 heavy (non-hydrogen) atoms. The molecule has 0 fully saturated rings. The molecule has 2 rings (SSSR count). The Labute approximate surface area is 116 Å². The van der Waals surface area contributed by atoms with Gasteiger partial charge in [0.05, 0.1) is 0 Å². The molecule has 91 valence electrons. The number of hydrogen-bond acceptors (Lipinski definition) is 2. The Bertz CT molecular complexity index is 475. The standard InChI is InChI=1S/C14H15N2.Ir/c1-14(2,3)13-9-12(15-10-16-13)11-7-5-4-6-8-11;/h4-7,9-10H,1-3H3;/q-1;. The fourth-order valence-electron chi connectivity index (χ4n) is 1.47. The summed E-state index contributed by atoms with van der Waals surface area (Å²) in [5.74, 6) is 0. The maximum absolute atomic E-state index is 4.31. The molecule has 0 bridgehead atoms. The van der Waals surface area contributed by atoms with Gasteiger partial charge in [0, 0.05) is 31.2 Å². The predicted octanol–water partition coefficient (Wildman–Crippen LogP) is 3.24. The zero-order chi connectivity index (χ0) is 11.6. The molecule has 1 heterocycles. The van der Waals surface area contributed by atoms with Crippen molar-refractivity contribution in [3.05, 3.63) is 48.4 Å². The van der Waals surface area contributed by atoms with E-state index in [9.17, 15) is 0 Å². The molecule has 3 heteroatoms. The van der Waals surface area contributed by atoms with E-state index >= 15 is 0 Å². The maximum atomic E-state index is 4.31. The monoisotopic (exact) mass is 404 g/mol. The zero-order valence-electron chi connectivity index (χ0n) is 10.2. The molecule has 0 N–H and O–H groups in total. The third kappa shape index (κ3) is 3.45. The Morgan fingerprint density at radius 2 is 1.88 bits per heavy atom. The SMILES string of the molecule is CC(C)(C)c1cc(-c2[c-]cccc2)ncn1.[Ir]. The van der Waals surface area contributed by atoms with Crippen LogP contribution in [0, 0.1) is 6.07 Å². The summed E-state index contributed by atoms with van der Waals surface area (Å²) in [5.41, 5.74) is 3.04. The molecule has 0 spiro atoms. The average Bonchev–Trinajstić information content (AvgIpc) is 2.29. The smallest absolute Gasteiger partial charge is 0.105 e. The molecule has 0 saturated carbocycles. The minimum absolute atomic E-state index is 0. The van der Waals surface area contributed by atoms with Gasteiger partial charge in [-0.25, -0.2) is 4.98 Å². The van der Waals surface area contributed by atoms with Crippen molar-refractivity contribution in [3.63, 3.8) is 0 Å². The van der Waals surface area contributed by atoms with Gasteiger partial charge >= 0.3 is 0 Å². The quantitative estimate of drug-likeness (QED) is 0.684. The van der Waals surface area contributed by atoms with Crippen molar-refractivity contribution in [2.75, 3.05) is 0 Å². The molecule has 2 aromatic rings. The van der Waals surface area contributed by atoms with Crippen molar-refractivity contribution in [2.24, 2.45) is 0 Å². The maximum Gasteiger partial charge on any atom is 0.105 e. The molecule has 0 amide bonds. The van der Waals surface area contributed by atoms with E-state index in [4.69, 9.17) is 0 Å². The number of rotatable bonds is 1. The van der Waals surface area contributed by atoms with Crippen LogP contribution in [0.2, 0.25) is 0 Å². The largest absolute Gasteiger partial charge is 0.286 e. The normalized spacial score (nSPS) is 10.8. The summed E-state index contributed by atoms with van der Waals surface area (Å²) < 4.78 is 0. The van der Waals surface area contributed by atoms with Gasteiger partial charge in [0.15, 0.2) is 0 Å². The number of benzene rings is 1. The van der Waals surface area contributed by atoms with Crippen LogP contribution in [0.25, 0.3) is 11.3 Å². The van der Waals surface area contributed by atoms with Crippen LogP contribution in [0.15, 0.2) is 36.7 Å². The van der Waals surface area contributed by atoms with Crippen molar-refractivity contribution in [2.45, 2.75) is 26.2 Å². The predicted molar refractivity (Wildman–Crippen MR) is 65.0 cm³/mol. The molecule has 2 nitrogen and oxygen atoms in total. The summed E-state index contributed by atoms with van der Waals surface area (Å²) in [6, 6.07) is 13.1. The number of hydrogen-bond donors (Lipinski definition) is 0. The van der Waals surface area contributed by atoms with Gasteiger partial charge in [0.1, 0.15) is 6.33 Å². The van der Waals surface area contributed by atoms with Crippen LogP contribution >= 0.6 is 0 Å². The molecule has 0 aliphatic carbocycles. The second-order valence-corrected chi connectivity index (χ2v) is 4.81. The topological polar surface area (TPSA) is 25.8 Å². The summed E-state index contributed by atoms with van der Waals surface area (Å²) in [7, 11) is 0. The van der Waals surface area contributed by atoms with Gasteiger partial charge < -0.3 is 0 Å². The van der Waals surface area contributed by atoms with Crippen LogP contribution in [0.4, 0.5) is 0 Å². The first-order valence-electron chi connectivity index (χ1n) is 5.37. The second-order valence-electron chi connectivity index (χ2n) is 4.81. The summed E-state index contributed by atoms with van der Waals surface area (Å²) in [5, 5.41) is 0. The molecular weight excluding hydrogens is 388 g/mol. The third-order valence-corrected chi connectivity index (χ3v) is 2.42. The van der Waals surface area contributed by atoms with E-state index in [0.29, 0.717) is 0 Å². The number of nitrogens with zero attached hydrogens (tertiary/aromatic N) is 2. The van der Waals surface area contributed by atoms with Gasteiger partial charge in [-0.15, -0.1) is 35.9 Å². The third-order valence-electron chi connectivity index (χ3n) is 2.42. The van der Waals surface area contributed by atoms with Crippen molar-refractivity contribution < 1.29 is 20.1 Å². The van der Waals surface area contributed by atoms with E-state index in [1.807, 2.05) is 30.3 Å². The van der Waals surface area contributed by atoms with Gasteiger partial charge in [0.2, 0.25) is 0 Å². The van der Waals surface area contributed by atoms with Crippen molar-refractivity contribution in [1.29, 1.82) is 0 Å². The first-order valence-corrected chi connectivity index (χ1v) is 5.37. The molecule has 1 aromatic carbocycles. The number of aromatic nitrogens is 2. The van der Waals surface area contributed by atoms with Crippen LogP contribution in [0.3, 0.4) is 0 Å². The van der Waals surface area contributed by atoms with E-state index in [2.05, 4.69) is 36.8 Å². The average molecular weight is 404 g/mol. The van der Waals surface area contributed by atoms with E-state index in [-0.39, 0.29) is 25.5 Å². The molecule has 0 aliphatic rings. The van der Waals surface area contributed by atoms with E-state index in [1.54, 1.807) is 6.33 Å². The van der Waals surface area contributed by atoms with Gasteiger partial charge in [-0.05, 0) is 5.69 Å². The minimum atomic E-state index is 0. The van der Waals surface area contributed by atoms with Crippen LogP contribution in [-0.4, -0.2) is 9.97 Å². The summed E-state index contributed by atoms with van der Waals surface area (Å²) >= 11 is 0. The molecule has 0 atom stereocenters. The fourth-order valence-corrected chi connectivity index (χ4v) is 1.47. The van der Waals surface area contributed by atoms with Crippen LogP contribution in [0.1, 0.15) is 26.5 Å². The van der Waals surface area contributed by atoms with Crippen molar-refractivity contribution in [3.8, 4) is 11.3 Å². The molecule has 0 aliphatic heterocycles. The van der Waals surface area contributed by atoms with Gasteiger partial charge in [-0.3, -0.25) is 4.98 Å². The Balaban J connectivity index is 0.00000144. The van der Waals surface area contributed by atoms with Crippen LogP contribution in [-0.2, 0) is 25.5 Å². The van der Waals surface area contributed by atoms with E-state index in [1.165, 1.54) is 0 Å². The Morgan fingerprint density at radius 1 is 1.12 bits per heavy atom.